The minimum atomic E-state index is -0.423. The lowest BCUT2D eigenvalue weighted by Gasteiger charge is -2.33. The van der Waals surface area contributed by atoms with Crippen molar-refractivity contribution >= 4 is 30.3 Å². The van der Waals surface area contributed by atoms with Crippen LogP contribution in [0.25, 0.3) is 0 Å². The number of urea groups is 1. The fraction of sp³-hybridized carbons (Fsp3) is 0.417. The van der Waals surface area contributed by atoms with Crippen molar-refractivity contribution in [2.24, 2.45) is 10.1 Å². The second-order valence-corrected chi connectivity index (χ2v) is 8.62. The zero-order valence-corrected chi connectivity index (χ0v) is 20.3. The molecule has 1 atom stereocenters. The fourth-order valence-corrected chi connectivity index (χ4v) is 3.96. The average Bonchev–Trinajstić information content (AvgIpc) is 2.88. The molecule has 2 aliphatic heterocycles. The van der Waals surface area contributed by atoms with Crippen LogP contribution in [-0.4, -0.2) is 95.0 Å². The Morgan fingerprint density at radius 1 is 1.33 bits per heavy atom. The third kappa shape index (κ3) is 5.50. The first kappa shape index (κ1) is 25.2. The number of hydrogen-bond acceptors (Lipinski definition) is 8. The molecule has 1 unspecified atom stereocenters. The highest BCUT2D eigenvalue weighted by Crippen LogP contribution is 2.20. The lowest BCUT2D eigenvalue weighted by Crippen LogP contribution is -2.53. The van der Waals surface area contributed by atoms with Gasteiger partial charge in [-0.3, -0.25) is 14.8 Å². The lowest BCUT2D eigenvalue weighted by molar-refractivity contribution is -0.00225. The normalized spacial score (nSPS) is 16.4. The van der Waals surface area contributed by atoms with Gasteiger partial charge in [-0.25, -0.2) is 14.8 Å². The monoisotopic (exact) mass is 494 g/mol. The molecular formula is C24H30N8O4. The van der Waals surface area contributed by atoms with Gasteiger partial charge in [-0.15, -0.1) is 0 Å². The fourth-order valence-electron chi connectivity index (χ4n) is 3.96. The molecule has 4 heterocycles. The van der Waals surface area contributed by atoms with E-state index in [1.807, 2.05) is 0 Å². The number of nitrogens with one attached hydrogen (secondary N) is 2. The van der Waals surface area contributed by atoms with Gasteiger partial charge in [0.2, 0.25) is 0 Å². The summed E-state index contributed by atoms with van der Waals surface area (Å²) in [5.41, 5.74) is 2.58. The number of aliphatic hydroxyl groups excluding tert-OH is 1. The van der Waals surface area contributed by atoms with E-state index in [4.69, 9.17) is 4.74 Å². The van der Waals surface area contributed by atoms with Crippen molar-refractivity contribution in [3.05, 3.63) is 53.0 Å². The maximum absolute atomic E-state index is 13.0. The highest BCUT2D eigenvalue weighted by molar-refractivity contribution is 6.03. The molecule has 1 fully saturated rings. The van der Waals surface area contributed by atoms with Gasteiger partial charge in [0.25, 0.3) is 5.91 Å². The molecule has 4 rings (SSSR count). The lowest BCUT2D eigenvalue weighted by atomic mass is 10.0. The summed E-state index contributed by atoms with van der Waals surface area (Å²) in [5.74, 6) is 0.289. The number of amides is 3. The largest absolute Gasteiger partial charge is 0.394 e. The Balaban J connectivity index is 1.46. The molecular weight excluding hydrogens is 464 g/mol. The number of fused-ring (bicyclic) bond motifs is 1. The number of aromatic nitrogens is 2. The number of aliphatic hydroxyl groups is 1. The van der Waals surface area contributed by atoms with Crippen LogP contribution in [0.1, 0.15) is 34.2 Å². The maximum atomic E-state index is 13.0. The van der Waals surface area contributed by atoms with E-state index in [0.717, 1.165) is 11.1 Å². The van der Waals surface area contributed by atoms with Crippen LogP contribution in [0.3, 0.4) is 0 Å². The van der Waals surface area contributed by atoms with Crippen LogP contribution in [0.5, 0.6) is 0 Å². The Morgan fingerprint density at radius 3 is 2.81 bits per heavy atom. The minimum absolute atomic E-state index is 0.0559. The molecule has 2 aromatic rings. The first-order valence-corrected chi connectivity index (χ1v) is 11.7. The summed E-state index contributed by atoms with van der Waals surface area (Å²) in [5, 5.41) is 20.6. The first-order chi connectivity index (χ1) is 17.4. The molecule has 0 spiro atoms. The van der Waals surface area contributed by atoms with E-state index in [0.29, 0.717) is 50.1 Å². The van der Waals surface area contributed by atoms with Crippen molar-refractivity contribution in [1.29, 1.82) is 0 Å². The number of aliphatic imine (C=N–C) groups is 1. The zero-order chi connectivity index (χ0) is 25.7. The van der Waals surface area contributed by atoms with Crippen molar-refractivity contribution in [1.82, 2.24) is 25.2 Å². The summed E-state index contributed by atoms with van der Waals surface area (Å²) in [4.78, 5) is 40.3. The molecule has 0 radical (unpaired) electrons. The molecule has 0 aliphatic carbocycles. The number of carbonyl (C=O) groups is 2. The number of carbonyl (C=O) groups excluding carboxylic acids is 2. The van der Waals surface area contributed by atoms with Crippen molar-refractivity contribution in [2.75, 3.05) is 38.7 Å². The molecule has 0 aromatic carbocycles. The van der Waals surface area contributed by atoms with Gasteiger partial charge in [0.15, 0.2) is 5.84 Å². The Bertz CT molecular complexity index is 1170. The van der Waals surface area contributed by atoms with E-state index in [1.165, 1.54) is 5.01 Å². The number of amidine groups is 1. The van der Waals surface area contributed by atoms with E-state index in [1.54, 1.807) is 49.3 Å². The molecule has 2 aliphatic rings. The summed E-state index contributed by atoms with van der Waals surface area (Å²) in [6, 6.07) is 6.40. The topological polar surface area (TPSA) is 145 Å². The standard InChI is InChI=1S/C24H30N8O4/c1-15(12-33)32(26-3)22(25-2)19-5-4-6-21(29-19)30-23(34)20-9-17-11-31(8-7-16(17)10-27-20)24(35)28-18-13-36-14-18/h4-6,9-10,15,18,33H,3,7-8,11-14H2,1-2H3,(H,28,35)(H,29,30,34). The Morgan fingerprint density at radius 2 is 2.14 bits per heavy atom. The van der Waals surface area contributed by atoms with Crippen molar-refractivity contribution in [3.8, 4) is 0 Å². The van der Waals surface area contributed by atoms with E-state index >= 15 is 0 Å². The number of pyridine rings is 2. The quantitative estimate of drug-likeness (QED) is 0.294. The predicted octanol–water partition coefficient (Wildman–Crippen LogP) is 0.870. The van der Waals surface area contributed by atoms with E-state index in [-0.39, 0.29) is 30.4 Å². The van der Waals surface area contributed by atoms with Crippen molar-refractivity contribution in [3.63, 3.8) is 0 Å². The molecule has 12 heteroatoms. The predicted molar refractivity (Wildman–Crippen MR) is 134 cm³/mol. The van der Waals surface area contributed by atoms with E-state index < -0.39 is 5.91 Å². The molecule has 3 amide bonds. The summed E-state index contributed by atoms with van der Waals surface area (Å²) in [6.07, 6.45) is 2.36. The van der Waals surface area contributed by atoms with Gasteiger partial charge in [-0.2, -0.15) is 5.10 Å². The molecule has 1 saturated heterocycles. The van der Waals surface area contributed by atoms with E-state index in [9.17, 15) is 14.7 Å². The zero-order valence-electron chi connectivity index (χ0n) is 20.3. The van der Waals surface area contributed by atoms with Crippen molar-refractivity contribution < 1.29 is 19.4 Å². The van der Waals surface area contributed by atoms with Crippen LogP contribution in [0.4, 0.5) is 10.6 Å². The minimum Gasteiger partial charge on any atom is -0.394 e. The van der Waals surface area contributed by atoms with Crippen LogP contribution >= 0.6 is 0 Å². The number of hydrazone groups is 1. The summed E-state index contributed by atoms with van der Waals surface area (Å²) in [6.45, 7) is 7.24. The van der Waals surface area contributed by atoms with Gasteiger partial charge in [-0.05, 0) is 42.7 Å². The van der Waals surface area contributed by atoms with Gasteiger partial charge in [-0.1, -0.05) is 6.07 Å². The Kier molecular flexibility index (Phi) is 7.86. The Labute approximate surface area is 209 Å². The van der Waals surface area contributed by atoms with Crippen molar-refractivity contribution in [2.45, 2.75) is 32.0 Å². The molecule has 0 bridgehead atoms. The number of rotatable bonds is 7. The number of nitrogens with zero attached hydrogens (tertiary/aromatic N) is 6. The second kappa shape index (κ2) is 11.2. The highest BCUT2D eigenvalue weighted by Gasteiger charge is 2.27. The molecule has 2 aromatic heterocycles. The number of ether oxygens (including phenoxy) is 1. The molecule has 36 heavy (non-hydrogen) atoms. The summed E-state index contributed by atoms with van der Waals surface area (Å²) < 4.78 is 5.11. The van der Waals surface area contributed by atoms with Crippen LogP contribution in [0, 0.1) is 0 Å². The number of anilines is 1. The third-order valence-electron chi connectivity index (χ3n) is 6.06. The molecule has 12 nitrogen and oxygen atoms in total. The second-order valence-electron chi connectivity index (χ2n) is 8.62. The first-order valence-electron chi connectivity index (χ1n) is 11.7. The van der Waals surface area contributed by atoms with Crippen LogP contribution in [-0.2, 0) is 17.7 Å². The van der Waals surface area contributed by atoms with Gasteiger partial charge >= 0.3 is 6.03 Å². The van der Waals surface area contributed by atoms with E-state index in [2.05, 4.69) is 37.4 Å². The van der Waals surface area contributed by atoms with Gasteiger partial charge in [0.05, 0.1) is 31.9 Å². The maximum Gasteiger partial charge on any atom is 0.318 e. The summed E-state index contributed by atoms with van der Waals surface area (Å²) in [7, 11) is 1.59. The van der Waals surface area contributed by atoms with Gasteiger partial charge < -0.3 is 25.4 Å². The van der Waals surface area contributed by atoms with Gasteiger partial charge in [0.1, 0.15) is 17.2 Å². The average molecular weight is 495 g/mol. The molecule has 3 N–H and O–H groups in total. The molecule has 0 saturated carbocycles. The smallest absolute Gasteiger partial charge is 0.318 e. The third-order valence-corrected chi connectivity index (χ3v) is 6.06. The summed E-state index contributed by atoms with van der Waals surface area (Å²) >= 11 is 0. The number of hydrogen-bond donors (Lipinski definition) is 3. The molecule has 190 valence electrons. The van der Waals surface area contributed by atoms with Gasteiger partial charge in [0, 0.05) is 33.1 Å². The van der Waals surface area contributed by atoms with Crippen LogP contribution in [0.15, 0.2) is 40.6 Å². The van der Waals surface area contributed by atoms with Crippen LogP contribution in [0.2, 0.25) is 0 Å². The Hall–Kier alpha value is -3.90. The SMILES string of the molecule is C=NN(C(=NC)c1cccc(NC(=O)c2cc3c(cn2)CCN(C(=O)NC2COC2)C3)n1)C(C)CO. The highest BCUT2D eigenvalue weighted by atomic mass is 16.5. The van der Waals surface area contributed by atoms with Crippen LogP contribution < -0.4 is 10.6 Å².